The summed E-state index contributed by atoms with van der Waals surface area (Å²) in [5.74, 6) is 0.948. The van der Waals surface area contributed by atoms with Gasteiger partial charge < -0.3 is 19.7 Å². The zero-order valence-electron chi connectivity index (χ0n) is 13.2. The minimum atomic E-state index is -0.646. The van der Waals surface area contributed by atoms with Crippen LogP contribution in [0.3, 0.4) is 0 Å². The number of benzene rings is 1. The third-order valence-electron chi connectivity index (χ3n) is 4.25. The van der Waals surface area contributed by atoms with Crippen LogP contribution in [0, 0.1) is 5.92 Å². The van der Waals surface area contributed by atoms with Gasteiger partial charge in [0.25, 0.3) is 0 Å². The standard InChI is InChI=1S/C16H24N2O3/c1-17-16(12-8-9-12,15(19)21-4)11-18(2)13-6-5-7-14(10-13)20-3/h5-7,10,12,17H,8-9,11H2,1-4H3. The number of carbonyl (C=O) groups excluding carboxylic acids is 1. The molecule has 1 unspecified atom stereocenters. The van der Waals surface area contributed by atoms with E-state index in [-0.39, 0.29) is 5.97 Å². The summed E-state index contributed by atoms with van der Waals surface area (Å²) in [5.41, 5.74) is 0.366. The van der Waals surface area contributed by atoms with Crippen molar-refractivity contribution in [3.8, 4) is 5.75 Å². The van der Waals surface area contributed by atoms with Crippen LogP contribution >= 0.6 is 0 Å². The van der Waals surface area contributed by atoms with E-state index in [2.05, 4.69) is 10.2 Å². The normalized spacial score (nSPS) is 17.0. The molecule has 0 radical (unpaired) electrons. The van der Waals surface area contributed by atoms with Crippen LogP contribution in [-0.2, 0) is 9.53 Å². The smallest absolute Gasteiger partial charge is 0.328 e. The van der Waals surface area contributed by atoms with Gasteiger partial charge in [-0.25, -0.2) is 4.79 Å². The van der Waals surface area contributed by atoms with Crippen molar-refractivity contribution < 1.29 is 14.3 Å². The molecule has 2 rings (SSSR count). The molecule has 116 valence electrons. The number of nitrogens with one attached hydrogen (secondary N) is 1. The molecule has 1 atom stereocenters. The van der Waals surface area contributed by atoms with Crippen molar-refractivity contribution in [3.63, 3.8) is 0 Å². The Morgan fingerprint density at radius 2 is 2.14 bits per heavy atom. The van der Waals surface area contributed by atoms with E-state index in [0.29, 0.717) is 12.5 Å². The first-order valence-electron chi connectivity index (χ1n) is 7.20. The molecule has 0 amide bonds. The maximum absolute atomic E-state index is 12.3. The summed E-state index contributed by atoms with van der Waals surface area (Å²) >= 11 is 0. The molecule has 1 aromatic carbocycles. The van der Waals surface area contributed by atoms with Gasteiger partial charge in [-0.1, -0.05) is 6.07 Å². The number of hydrogen-bond donors (Lipinski definition) is 1. The molecule has 1 aliphatic carbocycles. The number of methoxy groups -OCH3 is 2. The monoisotopic (exact) mass is 292 g/mol. The molecule has 0 aliphatic heterocycles. The van der Waals surface area contributed by atoms with Crippen molar-refractivity contribution in [1.82, 2.24) is 5.32 Å². The number of likely N-dealkylation sites (N-methyl/N-ethyl adjacent to an activating group) is 2. The lowest BCUT2D eigenvalue weighted by atomic mass is 9.92. The fourth-order valence-electron chi connectivity index (χ4n) is 2.82. The topological polar surface area (TPSA) is 50.8 Å². The molecule has 0 heterocycles. The fourth-order valence-corrected chi connectivity index (χ4v) is 2.82. The van der Waals surface area contributed by atoms with E-state index in [1.54, 1.807) is 7.11 Å². The van der Waals surface area contributed by atoms with Crippen LogP contribution in [0.2, 0.25) is 0 Å². The van der Waals surface area contributed by atoms with Crippen molar-refractivity contribution in [2.45, 2.75) is 18.4 Å². The Hall–Kier alpha value is -1.75. The molecule has 1 fully saturated rings. The van der Waals surface area contributed by atoms with Gasteiger partial charge in [-0.2, -0.15) is 0 Å². The molecule has 0 spiro atoms. The van der Waals surface area contributed by atoms with Gasteiger partial charge in [0, 0.05) is 25.3 Å². The summed E-state index contributed by atoms with van der Waals surface area (Å²) in [6.45, 7) is 0.563. The fraction of sp³-hybridized carbons (Fsp3) is 0.562. The lowest BCUT2D eigenvalue weighted by Crippen LogP contribution is -2.59. The first kappa shape index (κ1) is 15.6. The summed E-state index contributed by atoms with van der Waals surface area (Å²) in [5, 5.41) is 3.21. The number of esters is 1. The Balaban J connectivity index is 2.21. The predicted octanol–water partition coefficient (Wildman–Crippen LogP) is 1.67. The first-order chi connectivity index (χ1) is 10.1. The summed E-state index contributed by atoms with van der Waals surface area (Å²) in [6, 6.07) is 7.82. The molecule has 1 N–H and O–H groups in total. The summed E-state index contributed by atoms with van der Waals surface area (Å²) in [4.78, 5) is 14.4. The second kappa shape index (κ2) is 6.35. The quantitative estimate of drug-likeness (QED) is 0.775. The second-order valence-electron chi connectivity index (χ2n) is 5.54. The Kier molecular flexibility index (Phi) is 4.73. The molecular weight excluding hydrogens is 268 g/mol. The predicted molar refractivity (Wildman–Crippen MR) is 82.8 cm³/mol. The molecule has 5 nitrogen and oxygen atoms in total. The van der Waals surface area contributed by atoms with Gasteiger partial charge >= 0.3 is 5.97 Å². The number of nitrogens with zero attached hydrogens (tertiary/aromatic N) is 1. The average Bonchev–Trinajstić information content (AvgIpc) is 3.36. The van der Waals surface area contributed by atoms with Crippen molar-refractivity contribution in [1.29, 1.82) is 0 Å². The van der Waals surface area contributed by atoms with Crippen LogP contribution in [0.5, 0.6) is 5.75 Å². The highest BCUT2D eigenvalue weighted by molar-refractivity contribution is 5.83. The van der Waals surface area contributed by atoms with Crippen LogP contribution in [0.4, 0.5) is 5.69 Å². The first-order valence-corrected chi connectivity index (χ1v) is 7.20. The van der Waals surface area contributed by atoms with Gasteiger partial charge in [0.2, 0.25) is 0 Å². The van der Waals surface area contributed by atoms with Gasteiger partial charge in [-0.3, -0.25) is 0 Å². The minimum absolute atomic E-state index is 0.192. The zero-order chi connectivity index (χ0) is 15.5. The van der Waals surface area contributed by atoms with Gasteiger partial charge in [0.15, 0.2) is 0 Å². The van der Waals surface area contributed by atoms with E-state index in [1.165, 1.54) is 7.11 Å². The maximum Gasteiger partial charge on any atom is 0.328 e. The summed E-state index contributed by atoms with van der Waals surface area (Å²) in [6.07, 6.45) is 2.11. The average molecular weight is 292 g/mol. The number of rotatable bonds is 7. The molecule has 1 saturated carbocycles. The Labute approximate surface area is 126 Å². The second-order valence-corrected chi connectivity index (χ2v) is 5.54. The molecule has 21 heavy (non-hydrogen) atoms. The van der Waals surface area contributed by atoms with Crippen LogP contribution in [0.1, 0.15) is 12.8 Å². The highest BCUT2D eigenvalue weighted by Gasteiger charge is 2.51. The van der Waals surface area contributed by atoms with E-state index >= 15 is 0 Å². The van der Waals surface area contributed by atoms with Crippen molar-refractivity contribution in [3.05, 3.63) is 24.3 Å². The molecule has 0 bridgehead atoms. The summed E-state index contributed by atoms with van der Waals surface area (Å²) < 4.78 is 10.3. The van der Waals surface area contributed by atoms with Crippen LogP contribution in [-0.4, -0.2) is 46.4 Å². The molecule has 1 aliphatic rings. The highest BCUT2D eigenvalue weighted by atomic mass is 16.5. The van der Waals surface area contributed by atoms with Gasteiger partial charge in [-0.15, -0.1) is 0 Å². The Bertz CT molecular complexity index is 502. The van der Waals surface area contributed by atoms with Crippen molar-refractivity contribution >= 4 is 11.7 Å². The van der Waals surface area contributed by atoms with Crippen LogP contribution in [0.25, 0.3) is 0 Å². The van der Waals surface area contributed by atoms with E-state index in [1.807, 2.05) is 38.4 Å². The van der Waals surface area contributed by atoms with Crippen LogP contribution < -0.4 is 15.0 Å². The third kappa shape index (κ3) is 3.13. The molecule has 0 saturated heterocycles. The van der Waals surface area contributed by atoms with Gasteiger partial charge in [-0.05, 0) is 37.9 Å². The van der Waals surface area contributed by atoms with Gasteiger partial charge in [0.05, 0.1) is 14.2 Å². The van der Waals surface area contributed by atoms with E-state index < -0.39 is 5.54 Å². The van der Waals surface area contributed by atoms with E-state index in [4.69, 9.17) is 9.47 Å². The molecular formula is C16H24N2O3. The van der Waals surface area contributed by atoms with E-state index in [0.717, 1.165) is 24.3 Å². The zero-order valence-corrected chi connectivity index (χ0v) is 13.2. The largest absolute Gasteiger partial charge is 0.497 e. The van der Waals surface area contributed by atoms with Crippen molar-refractivity contribution in [2.24, 2.45) is 5.92 Å². The lowest BCUT2D eigenvalue weighted by molar-refractivity contribution is -0.149. The number of anilines is 1. The minimum Gasteiger partial charge on any atom is -0.497 e. The van der Waals surface area contributed by atoms with Crippen molar-refractivity contribution in [2.75, 3.05) is 39.8 Å². The molecule has 0 aromatic heterocycles. The number of carbonyl (C=O) groups is 1. The van der Waals surface area contributed by atoms with Crippen LogP contribution in [0.15, 0.2) is 24.3 Å². The van der Waals surface area contributed by atoms with Gasteiger partial charge in [0.1, 0.15) is 11.3 Å². The number of ether oxygens (including phenoxy) is 2. The molecule has 1 aromatic rings. The molecule has 5 heteroatoms. The SMILES string of the molecule is CNC(CN(C)c1cccc(OC)c1)(C(=O)OC)C1CC1. The Morgan fingerprint density at radius 1 is 1.43 bits per heavy atom. The Morgan fingerprint density at radius 3 is 2.67 bits per heavy atom. The summed E-state index contributed by atoms with van der Waals surface area (Å²) in [7, 11) is 6.90. The number of hydrogen-bond acceptors (Lipinski definition) is 5. The lowest BCUT2D eigenvalue weighted by Gasteiger charge is -2.35. The maximum atomic E-state index is 12.3. The highest BCUT2D eigenvalue weighted by Crippen LogP contribution is 2.41. The van der Waals surface area contributed by atoms with E-state index in [9.17, 15) is 4.79 Å². The third-order valence-corrected chi connectivity index (χ3v) is 4.25.